The fraction of sp³-hybridized carbons (Fsp3) is 0.200. The fourth-order valence-electron chi connectivity index (χ4n) is 1.22. The molecule has 1 aromatic rings. The highest BCUT2D eigenvalue weighted by Gasteiger charge is 2.31. The van der Waals surface area contributed by atoms with Gasteiger partial charge in [-0.05, 0) is 17.7 Å². The Kier molecular flexibility index (Phi) is 3.18. The number of nitrogens with two attached hydrogens (primary N) is 1. The van der Waals surface area contributed by atoms with E-state index in [1.165, 1.54) is 0 Å². The van der Waals surface area contributed by atoms with Crippen molar-refractivity contribution in [1.29, 1.82) is 5.26 Å². The van der Waals surface area contributed by atoms with Crippen LogP contribution in [0.4, 0.5) is 13.2 Å². The normalized spacial score (nSPS) is 10.9. The van der Waals surface area contributed by atoms with Crippen LogP contribution in [0.3, 0.4) is 0 Å². The van der Waals surface area contributed by atoms with Gasteiger partial charge in [0.25, 0.3) is 0 Å². The summed E-state index contributed by atoms with van der Waals surface area (Å²) >= 11 is 0. The zero-order valence-corrected chi connectivity index (χ0v) is 8.01. The van der Waals surface area contributed by atoms with Gasteiger partial charge in [-0.1, -0.05) is 6.07 Å². The van der Waals surface area contributed by atoms with Crippen LogP contribution >= 0.6 is 0 Å². The van der Waals surface area contributed by atoms with Crippen molar-refractivity contribution in [2.75, 3.05) is 0 Å². The van der Waals surface area contributed by atoms with E-state index in [0.717, 1.165) is 12.1 Å². The van der Waals surface area contributed by atoms with Crippen LogP contribution in [-0.2, 0) is 12.6 Å². The second kappa shape index (κ2) is 4.23. The highest BCUT2D eigenvalue weighted by molar-refractivity contribution is 5.94. The number of carbonyl (C=O) groups excluding carboxylic acids is 1. The van der Waals surface area contributed by atoms with Gasteiger partial charge in [0.2, 0.25) is 5.91 Å². The lowest BCUT2D eigenvalue weighted by Gasteiger charge is -2.09. The number of primary amides is 1. The Morgan fingerprint density at radius 2 is 2.06 bits per heavy atom. The van der Waals surface area contributed by atoms with Crippen LogP contribution in [0.1, 0.15) is 21.5 Å². The van der Waals surface area contributed by atoms with Crippen LogP contribution in [0.5, 0.6) is 0 Å². The number of carbonyl (C=O) groups is 1. The van der Waals surface area contributed by atoms with Crippen molar-refractivity contribution < 1.29 is 18.0 Å². The number of hydrogen-bond acceptors (Lipinski definition) is 2. The molecule has 0 saturated heterocycles. The van der Waals surface area contributed by atoms with Crippen LogP contribution < -0.4 is 5.73 Å². The molecule has 0 aliphatic heterocycles. The molecule has 1 rings (SSSR count). The third-order valence-corrected chi connectivity index (χ3v) is 1.97. The second-order valence-corrected chi connectivity index (χ2v) is 3.07. The molecular formula is C10H7F3N2O. The standard InChI is InChI=1S/C10H7F3N2O/c11-10(12,13)7-2-1-6(3-4-14)8(5-7)9(15)16/h1-2,5H,3H2,(H2,15,16). The maximum atomic E-state index is 12.3. The largest absolute Gasteiger partial charge is 0.416 e. The summed E-state index contributed by atoms with van der Waals surface area (Å²) in [6.45, 7) is 0. The Bertz CT molecular complexity index is 460. The molecule has 0 fully saturated rings. The first-order chi connectivity index (χ1) is 7.36. The third kappa shape index (κ3) is 2.51. The predicted octanol–water partition coefficient (Wildman–Crippen LogP) is 1.87. The van der Waals surface area contributed by atoms with Gasteiger partial charge in [-0.3, -0.25) is 4.79 Å². The summed E-state index contributed by atoms with van der Waals surface area (Å²) in [6, 6.07) is 4.32. The predicted molar refractivity (Wildman–Crippen MR) is 49.3 cm³/mol. The molecule has 2 N–H and O–H groups in total. The number of amides is 1. The van der Waals surface area contributed by atoms with Crippen molar-refractivity contribution >= 4 is 5.91 Å². The Morgan fingerprint density at radius 3 is 2.50 bits per heavy atom. The molecule has 1 amide bonds. The molecule has 1 aromatic carbocycles. The molecule has 0 atom stereocenters. The summed E-state index contributed by atoms with van der Waals surface area (Å²) < 4.78 is 37.0. The fourth-order valence-corrected chi connectivity index (χ4v) is 1.22. The van der Waals surface area contributed by atoms with Gasteiger partial charge >= 0.3 is 6.18 Å². The molecule has 3 nitrogen and oxygen atoms in total. The highest BCUT2D eigenvalue weighted by atomic mass is 19.4. The molecule has 0 spiro atoms. The Morgan fingerprint density at radius 1 is 1.44 bits per heavy atom. The molecule has 0 aromatic heterocycles. The van der Waals surface area contributed by atoms with Gasteiger partial charge in [-0.15, -0.1) is 0 Å². The lowest BCUT2D eigenvalue weighted by Crippen LogP contribution is -2.16. The molecule has 84 valence electrons. The first kappa shape index (κ1) is 12.0. The van der Waals surface area contributed by atoms with Crippen LogP contribution in [0, 0.1) is 11.3 Å². The van der Waals surface area contributed by atoms with E-state index in [1.807, 2.05) is 0 Å². The Balaban J connectivity index is 3.29. The van der Waals surface area contributed by atoms with Gasteiger partial charge in [-0.2, -0.15) is 18.4 Å². The first-order valence-electron chi connectivity index (χ1n) is 4.23. The summed E-state index contributed by atoms with van der Waals surface area (Å²) in [4.78, 5) is 10.9. The van der Waals surface area contributed by atoms with E-state index in [1.54, 1.807) is 6.07 Å². The zero-order valence-electron chi connectivity index (χ0n) is 8.01. The minimum atomic E-state index is -4.53. The first-order valence-corrected chi connectivity index (χ1v) is 4.23. The van der Waals surface area contributed by atoms with Gasteiger partial charge < -0.3 is 5.73 Å². The lowest BCUT2D eigenvalue weighted by molar-refractivity contribution is -0.137. The van der Waals surface area contributed by atoms with Crippen molar-refractivity contribution in [3.05, 3.63) is 34.9 Å². The van der Waals surface area contributed by atoms with Crippen LogP contribution in [-0.4, -0.2) is 5.91 Å². The van der Waals surface area contributed by atoms with Crippen molar-refractivity contribution in [3.63, 3.8) is 0 Å². The van der Waals surface area contributed by atoms with E-state index in [-0.39, 0.29) is 17.5 Å². The second-order valence-electron chi connectivity index (χ2n) is 3.07. The molecule has 6 heteroatoms. The van der Waals surface area contributed by atoms with Crippen molar-refractivity contribution in [2.45, 2.75) is 12.6 Å². The summed E-state index contributed by atoms with van der Waals surface area (Å²) in [5, 5.41) is 8.43. The number of rotatable bonds is 2. The molecular weight excluding hydrogens is 221 g/mol. The summed E-state index contributed by atoms with van der Waals surface area (Å²) in [7, 11) is 0. The number of alkyl halides is 3. The van der Waals surface area contributed by atoms with Crippen LogP contribution in [0.2, 0.25) is 0 Å². The van der Waals surface area contributed by atoms with Crippen LogP contribution in [0.25, 0.3) is 0 Å². The maximum absolute atomic E-state index is 12.3. The molecule has 0 radical (unpaired) electrons. The van der Waals surface area contributed by atoms with E-state index >= 15 is 0 Å². The van der Waals surface area contributed by atoms with E-state index in [0.29, 0.717) is 6.07 Å². The lowest BCUT2D eigenvalue weighted by atomic mass is 10.0. The van der Waals surface area contributed by atoms with Gasteiger partial charge in [0.1, 0.15) is 0 Å². The van der Waals surface area contributed by atoms with Crippen molar-refractivity contribution in [1.82, 2.24) is 0 Å². The maximum Gasteiger partial charge on any atom is 0.416 e. The molecule has 0 aliphatic carbocycles. The number of nitriles is 1. The number of benzene rings is 1. The zero-order chi connectivity index (χ0) is 12.3. The van der Waals surface area contributed by atoms with E-state index in [2.05, 4.69) is 0 Å². The number of hydrogen-bond donors (Lipinski definition) is 1. The van der Waals surface area contributed by atoms with Gasteiger partial charge in [0.05, 0.1) is 18.1 Å². The van der Waals surface area contributed by atoms with E-state index in [9.17, 15) is 18.0 Å². The monoisotopic (exact) mass is 228 g/mol. The summed E-state index contributed by atoms with van der Waals surface area (Å²) in [5.74, 6) is -0.976. The summed E-state index contributed by atoms with van der Waals surface area (Å²) in [5.41, 5.74) is 3.92. The molecule has 16 heavy (non-hydrogen) atoms. The van der Waals surface area contributed by atoms with E-state index in [4.69, 9.17) is 11.0 Å². The van der Waals surface area contributed by atoms with Gasteiger partial charge in [0.15, 0.2) is 0 Å². The third-order valence-electron chi connectivity index (χ3n) is 1.97. The van der Waals surface area contributed by atoms with Crippen LogP contribution in [0.15, 0.2) is 18.2 Å². The molecule has 0 saturated carbocycles. The smallest absolute Gasteiger partial charge is 0.366 e. The SMILES string of the molecule is N#CCc1ccc(C(F)(F)F)cc1C(N)=O. The molecule has 0 bridgehead atoms. The topological polar surface area (TPSA) is 66.9 Å². The van der Waals surface area contributed by atoms with Crippen molar-refractivity contribution in [2.24, 2.45) is 5.73 Å². The minimum absolute atomic E-state index is 0.156. The number of nitrogens with zero attached hydrogens (tertiary/aromatic N) is 1. The minimum Gasteiger partial charge on any atom is -0.366 e. The molecule has 0 aliphatic rings. The Hall–Kier alpha value is -2.03. The molecule has 0 heterocycles. The average molecular weight is 228 g/mol. The van der Waals surface area contributed by atoms with Crippen molar-refractivity contribution in [3.8, 4) is 6.07 Å². The van der Waals surface area contributed by atoms with Gasteiger partial charge in [-0.25, -0.2) is 0 Å². The molecule has 0 unspecified atom stereocenters. The quantitative estimate of drug-likeness (QED) is 0.839. The van der Waals surface area contributed by atoms with Gasteiger partial charge in [0, 0.05) is 5.56 Å². The van der Waals surface area contributed by atoms with E-state index < -0.39 is 17.6 Å². The average Bonchev–Trinajstić information content (AvgIpc) is 2.16. The summed E-state index contributed by atoms with van der Waals surface area (Å²) in [6.07, 6.45) is -4.69. The Labute approximate surface area is 89.3 Å². The highest BCUT2D eigenvalue weighted by Crippen LogP contribution is 2.30. The number of halogens is 3.